The number of nitrogens with two attached hydrogens (primary N) is 1. The molecule has 2 rings (SSSR count). The Morgan fingerprint density at radius 1 is 1.43 bits per heavy atom. The average molecular weight is 522 g/mol. The van der Waals surface area contributed by atoms with Crippen LogP contribution < -0.4 is 11.1 Å². The molecule has 1 aromatic carbocycles. The van der Waals surface area contributed by atoms with Crippen molar-refractivity contribution < 1.29 is 4.79 Å². The number of hydrogen-bond acceptors (Lipinski definition) is 3. The van der Waals surface area contributed by atoms with Crippen molar-refractivity contribution in [2.24, 2.45) is 16.6 Å². The van der Waals surface area contributed by atoms with Crippen molar-refractivity contribution in [2.75, 3.05) is 39.8 Å². The Morgan fingerprint density at radius 3 is 2.86 bits per heavy atom. The van der Waals surface area contributed by atoms with Crippen molar-refractivity contribution >= 4 is 47.4 Å². The second-order valence-corrected chi connectivity index (χ2v) is 7.49. The first-order chi connectivity index (χ1) is 13.0. The van der Waals surface area contributed by atoms with Crippen LogP contribution in [0.3, 0.4) is 0 Å². The van der Waals surface area contributed by atoms with Crippen molar-refractivity contribution in [1.82, 2.24) is 15.1 Å². The highest BCUT2D eigenvalue weighted by Crippen LogP contribution is 2.17. The second-order valence-electron chi connectivity index (χ2n) is 7.08. The minimum absolute atomic E-state index is 0. The summed E-state index contributed by atoms with van der Waals surface area (Å²) in [7, 11) is 2.02. The van der Waals surface area contributed by atoms with Crippen LogP contribution in [-0.4, -0.2) is 61.4 Å². The lowest BCUT2D eigenvalue weighted by Gasteiger charge is -2.31. The van der Waals surface area contributed by atoms with Gasteiger partial charge in [-0.15, -0.1) is 24.0 Å². The predicted octanol–water partition coefficient (Wildman–Crippen LogP) is 2.94. The first kappa shape index (κ1) is 25.0. The summed E-state index contributed by atoms with van der Waals surface area (Å²) in [6.45, 7) is 7.10. The summed E-state index contributed by atoms with van der Waals surface area (Å²) >= 11 is 6.27. The van der Waals surface area contributed by atoms with E-state index in [4.69, 9.17) is 22.3 Å². The van der Waals surface area contributed by atoms with Gasteiger partial charge in [0.05, 0.1) is 5.92 Å². The number of amides is 1. The Balaban J connectivity index is 0.00000392. The lowest BCUT2D eigenvalue weighted by atomic mass is 9.97. The Bertz CT molecular complexity index is 643. The van der Waals surface area contributed by atoms with Crippen LogP contribution in [0.5, 0.6) is 0 Å². The Hall–Kier alpha value is -1.06. The van der Waals surface area contributed by atoms with Crippen LogP contribution in [-0.2, 0) is 11.3 Å². The summed E-state index contributed by atoms with van der Waals surface area (Å²) in [4.78, 5) is 20.6. The maximum atomic E-state index is 11.4. The fourth-order valence-corrected chi connectivity index (χ4v) is 3.59. The lowest BCUT2D eigenvalue weighted by molar-refractivity contribution is -0.123. The summed E-state index contributed by atoms with van der Waals surface area (Å²) < 4.78 is 0. The monoisotopic (exact) mass is 521 g/mol. The number of halogens is 2. The molecule has 1 aliphatic rings. The van der Waals surface area contributed by atoms with Gasteiger partial charge in [-0.3, -0.25) is 9.79 Å². The number of likely N-dealkylation sites (tertiary alicyclic amines) is 1. The molecule has 158 valence electrons. The molecule has 1 heterocycles. The minimum atomic E-state index is -0.173. The van der Waals surface area contributed by atoms with E-state index in [1.807, 2.05) is 31.3 Å². The van der Waals surface area contributed by atoms with Crippen molar-refractivity contribution in [2.45, 2.75) is 32.7 Å². The van der Waals surface area contributed by atoms with Gasteiger partial charge in [0, 0.05) is 38.2 Å². The molecule has 0 radical (unpaired) electrons. The van der Waals surface area contributed by atoms with Gasteiger partial charge in [-0.05, 0) is 50.9 Å². The molecule has 28 heavy (non-hydrogen) atoms. The van der Waals surface area contributed by atoms with E-state index in [-0.39, 0.29) is 35.8 Å². The number of nitrogens with zero attached hydrogens (tertiary/aromatic N) is 3. The van der Waals surface area contributed by atoms with Crippen molar-refractivity contribution in [1.29, 1.82) is 0 Å². The average Bonchev–Trinajstić information content (AvgIpc) is 2.66. The van der Waals surface area contributed by atoms with Gasteiger partial charge >= 0.3 is 0 Å². The molecular weight excluding hydrogens is 489 g/mol. The number of hydrogen-bond donors (Lipinski definition) is 2. The van der Waals surface area contributed by atoms with E-state index >= 15 is 0 Å². The van der Waals surface area contributed by atoms with Gasteiger partial charge in [0.15, 0.2) is 5.96 Å². The number of carbonyl (C=O) groups is 1. The van der Waals surface area contributed by atoms with E-state index in [9.17, 15) is 4.79 Å². The van der Waals surface area contributed by atoms with E-state index in [2.05, 4.69) is 22.0 Å². The quantitative estimate of drug-likeness (QED) is 0.239. The molecule has 1 unspecified atom stereocenters. The Labute approximate surface area is 190 Å². The van der Waals surface area contributed by atoms with Gasteiger partial charge in [-0.2, -0.15) is 0 Å². The lowest BCUT2D eigenvalue weighted by Crippen LogP contribution is -2.41. The topological polar surface area (TPSA) is 74.0 Å². The minimum Gasteiger partial charge on any atom is -0.369 e. The van der Waals surface area contributed by atoms with Crippen LogP contribution in [0.25, 0.3) is 0 Å². The van der Waals surface area contributed by atoms with Crippen molar-refractivity contribution in [3.05, 3.63) is 34.9 Å². The molecule has 0 aromatic heterocycles. The zero-order valence-corrected chi connectivity index (χ0v) is 20.0. The molecule has 0 aliphatic carbocycles. The van der Waals surface area contributed by atoms with E-state index in [0.717, 1.165) is 68.5 Å². The third-order valence-corrected chi connectivity index (χ3v) is 5.23. The molecule has 1 aliphatic heterocycles. The van der Waals surface area contributed by atoms with Crippen LogP contribution in [0.2, 0.25) is 5.02 Å². The Kier molecular flexibility index (Phi) is 11.8. The standard InChI is InChI=1S/C20H32ClN5O.HI/c1-3-23-20(25(2)14-16-8-4-5-10-18(16)21)24-11-7-13-26-12-6-9-17(15-26)19(22)27;/h4-5,8,10,17H,3,6-7,9,11-15H2,1-2H3,(H2,22,27)(H,23,24);1H. The maximum Gasteiger partial charge on any atom is 0.221 e. The molecule has 0 saturated carbocycles. The van der Waals surface area contributed by atoms with Crippen LogP contribution in [0.15, 0.2) is 29.3 Å². The van der Waals surface area contributed by atoms with Gasteiger partial charge in [0.25, 0.3) is 0 Å². The number of benzene rings is 1. The first-order valence-corrected chi connectivity index (χ1v) is 10.1. The zero-order valence-electron chi connectivity index (χ0n) is 16.9. The van der Waals surface area contributed by atoms with Crippen LogP contribution in [0.1, 0.15) is 31.7 Å². The molecule has 3 N–H and O–H groups in total. The molecular formula is C20H33ClIN5O. The van der Waals surface area contributed by atoms with Gasteiger partial charge < -0.3 is 20.9 Å². The summed E-state index contributed by atoms with van der Waals surface area (Å²) in [5.41, 5.74) is 6.54. The van der Waals surface area contributed by atoms with Crippen molar-refractivity contribution in [3.8, 4) is 0 Å². The molecule has 1 amide bonds. The number of nitrogens with one attached hydrogen (secondary N) is 1. The van der Waals surface area contributed by atoms with E-state index < -0.39 is 0 Å². The molecule has 6 nitrogen and oxygen atoms in total. The number of guanidine groups is 1. The highest BCUT2D eigenvalue weighted by molar-refractivity contribution is 14.0. The molecule has 1 aromatic rings. The van der Waals surface area contributed by atoms with Gasteiger partial charge in [-0.25, -0.2) is 0 Å². The second kappa shape index (κ2) is 13.2. The highest BCUT2D eigenvalue weighted by Gasteiger charge is 2.23. The molecule has 0 bridgehead atoms. The number of carbonyl (C=O) groups excluding carboxylic acids is 1. The molecule has 0 spiro atoms. The molecule has 8 heteroatoms. The zero-order chi connectivity index (χ0) is 19.6. The number of rotatable bonds is 8. The van der Waals surface area contributed by atoms with Crippen LogP contribution >= 0.6 is 35.6 Å². The van der Waals surface area contributed by atoms with E-state index in [0.29, 0.717) is 6.54 Å². The number of aliphatic imine (C=N–C) groups is 1. The fraction of sp³-hybridized carbons (Fsp3) is 0.600. The molecule has 1 saturated heterocycles. The number of piperidine rings is 1. The highest BCUT2D eigenvalue weighted by atomic mass is 127. The Morgan fingerprint density at radius 2 is 2.18 bits per heavy atom. The first-order valence-electron chi connectivity index (χ1n) is 9.75. The third kappa shape index (κ3) is 8.13. The largest absolute Gasteiger partial charge is 0.369 e. The summed E-state index contributed by atoms with van der Waals surface area (Å²) in [5.74, 6) is 0.709. The van der Waals surface area contributed by atoms with Crippen LogP contribution in [0.4, 0.5) is 0 Å². The SMILES string of the molecule is CCNC(=NCCCN1CCCC(C(N)=O)C1)N(C)Cc1ccccc1Cl.I. The molecule has 1 fully saturated rings. The third-order valence-electron chi connectivity index (χ3n) is 4.86. The van der Waals surface area contributed by atoms with E-state index in [1.165, 1.54) is 0 Å². The fourth-order valence-electron chi connectivity index (χ4n) is 3.40. The summed E-state index contributed by atoms with van der Waals surface area (Å²) in [6, 6.07) is 7.88. The van der Waals surface area contributed by atoms with E-state index in [1.54, 1.807) is 0 Å². The number of primary amides is 1. The van der Waals surface area contributed by atoms with Crippen LogP contribution in [0, 0.1) is 5.92 Å². The van der Waals surface area contributed by atoms with Gasteiger partial charge in [-0.1, -0.05) is 29.8 Å². The predicted molar refractivity (Wildman–Crippen MR) is 127 cm³/mol. The molecule has 1 atom stereocenters. The normalized spacial score (nSPS) is 17.7. The summed E-state index contributed by atoms with van der Waals surface area (Å²) in [5, 5.41) is 4.11. The van der Waals surface area contributed by atoms with Gasteiger partial charge in [0.2, 0.25) is 5.91 Å². The van der Waals surface area contributed by atoms with Gasteiger partial charge in [0.1, 0.15) is 0 Å². The van der Waals surface area contributed by atoms with Crippen molar-refractivity contribution in [3.63, 3.8) is 0 Å². The summed E-state index contributed by atoms with van der Waals surface area (Å²) in [6.07, 6.45) is 2.92. The maximum absolute atomic E-state index is 11.4. The smallest absolute Gasteiger partial charge is 0.221 e.